The SMILES string of the molecule is CC1C(CSc2ccccc2C(=O)O)OC(c2ccc(-c3cccc(CNC(=O)c4c(F)c(F)c(F)c(F)c4F)c3)cc2)OC1c1ccc(CO)cc1. The predicted molar refractivity (Wildman–Crippen MR) is 186 cm³/mol. The summed E-state index contributed by atoms with van der Waals surface area (Å²) >= 11 is 1.39. The molecule has 0 spiro atoms. The highest BCUT2D eigenvalue weighted by Crippen LogP contribution is 2.43. The van der Waals surface area contributed by atoms with E-state index in [-0.39, 0.29) is 30.7 Å². The van der Waals surface area contributed by atoms with Gasteiger partial charge in [-0.25, -0.2) is 26.7 Å². The monoisotopic (exact) mass is 749 g/mol. The van der Waals surface area contributed by atoms with Crippen LogP contribution in [0.5, 0.6) is 0 Å². The fourth-order valence-electron chi connectivity index (χ4n) is 6.02. The van der Waals surface area contributed by atoms with Gasteiger partial charge in [0.2, 0.25) is 5.82 Å². The zero-order valence-corrected chi connectivity index (χ0v) is 28.8. The van der Waals surface area contributed by atoms with E-state index in [0.717, 1.165) is 16.7 Å². The molecule has 1 aliphatic heterocycles. The number of hydrogen-bond donors (Lipinski definition) is 3. The highest BCUT2D eigenvalue weighted by molar-refractivity contribution is 7.99. The van der Waals surface area contributed by atoms with Crippen LogP contribution in [0.3, 0.4) is 0 Å². The summed E-state index contributed by atoms with van der Waals surface area (Å²) < 4.78 is 82.0. The average Bonchev–Trinajstić information content (AvgIpc) is 3.18. The molecule has 53 heavy (non-hydrogen) atoms. The lowest BCUT2D eigenvalue weighted by molar-refractivity contribution is -0.268. The maximum absolute atomic E-state index is 14.1. The fraction of sp³-hybridized carbons (Fsp3) is 0.200. The number of aromatic carboxylic acids is 1. The first-order chi connectivity index (χ1) is 25.5. The summed E-state index contributed by atoms with van der Waals surface area (Å²) in [6.07, 6.45) is -1.52. The highest BCUT2D eigenvalue weighted by Gasteiger charge is 2.38. The van der Waals surface area contributed by atoms with Crippen molar-refractivity contribution in [3.63, 3.8) is 0 Å². The zero-order valence-electron chi connectivity index (χ0n) is 28.0. The van der Waals surface area contributed by atoms with Gasteiger partial charge in [0.15, 0.2) is 29.6 Å². The Kier molecular flexibility index (Phi) is 11.6. The minimum Gasteiger partial charge on any atom is -0.478 e. The Bertz CT molecular complexity index is 2100. The molecule has 1 saturated heterocycles. The first-order valence-corrected chi connectivity index (χ1v) is 17.4. The van der Waals surface area contributed by atoms with Gasteiger partial charge in [-0.15, -0.1) is 11.8 Å². The van der Waals surface area contributed by atoms with Crippen LogP contribution in [0, 0.1) is 35.0 Å². The minimum absolute atomic E-state index is 0.0996. The van der Waals surface area contributed by atoms with E-state index in [1.807, 2.05) is 55.5 Å². The lowest BCUT2D eigenvalue weighted by Gasteiger charge is -2.41. The molecule has 5 aromatic rings. The van der Waals surface area contributed by atoms with Crippen LogP contribution in [0.25, 0.3) is 11.1 Å². The second-order valence-electron chi connectivity index (χ2n) is 12.4. The van der Waals surface area contributed by atoms with Crippen LogP contribution in [0.15, 0.2) is 102 Å². The number of rotatable bonds is 11. The van der Waals surface area contributed by atoms with E-state index in [1.54, 1.807) is 48.5 Å². The second kappa shape index (κ2) is 16.3. The number of aliphatic hydroxyl groups is 1. The first kappa shape index (κ1) is 37.7. The summed E-state index contributed by atoms with van der Waals surface area (Å²) in [5.41, 5.74) is 2.97. The number of carboxylic acids is 1. The molecule has 4 atom stereocenters. The van der Waals surface area contributed by atoms with Gasteiger partial charge >= 0.3 is 5.97 Å². The maximum atomic E-state index is 14.1. The number of halogens is 5. The van der Waals surface area contributed by atoms with Gasteiger partial charge in [-0.1, -0.05) is 85.8 Å². The van der Waals surface area contributed by atoms with Gasteiger partial charge in [-0.3, -0.25) is 4.79 Å². The predicted octanol–water partition coefficient (Wildman–Crippen LogP) is 8.75. The maximum Gasteiger partial charge on any atom is 0.336 e. The van der Waals surface area contributed by atoms with E-state index >= 15 is 0 Å². The van der Waals surface area contributed by atoms with Crippen molar-refractivity contribution in [1.82, 2.24) is 5.32 Å². The Morgan fingerprint density at radius 3 is 2.04 bits per heavy atom. The van der Waals surface area contributed by atoms with Crippen molar-refractivity contribution in [1.29, 1.82) is 0 Å². The Morgan fingerprint density at radius 2 is 1.38 bits per heavy atom. The number of thioether (sulfide) groups is 1. The molecular formula is C40H32F5NO6S. The van der Waals surface area contributed by atoms with E-state index in [4.69, 9.17) is 9.47 Å². The molecule has 274 valence electrons. The lowest BCUT2D eigenvalue weighted by atomic mass is 9.91. The van der Waals surface area contributed by atoms with Gasteiger partial charge in [-0.2, -0.15) is 0 Å². The molecule has 1 heterocycles. The van der Waals surface area contributed by atoms with Crippen molar-refractivity contribution in [3.8, 4) is 11.1 Å². The number of aliphatic hydroxyl groups excluding tert-OH is 1. The number of ether oxygens (including phenoxy) is 2. The van der Waals surface area contributed by atoms with E-state index < -0.39 is 58.9 Å². The fourth-order valence-corrected chi connectivity index (χ4v) is 7.23. The van der Waals surface area contributed by atoms with Crippen LogP contribution < -0.4 is 5.32 Å². The van der Waals surface area contributed by atoms with Gasteiger partial charge < -0.3 is 25.0 Å². The van der Waals surface area contributed by atoms with Crippen LogP contribution in [-0.4, -0.2) is 33.9 Å². The van der Waals surface area contributed by atoms with Crippen LogP contribution in [-0.2, 0) is 22.6 Å². The minimum atomic E-state index is -2.35. The molecule has 1 fully saturated rings. The largest absolute Gasteiger partial charge is 0.478 e. The van der Waals surface area contributed by atoms with E-state index in [1.165, 1.54) is 11.8 Å². The quantitative estimate of drug-likeness (QED) is 0.0537. The van der Waals surface area contributed by atoms with Crippen molar-refractivity contribution in [3.05, 3.63) is 160 Å². The Labute approximate surface area is 305 Å². The zero-order chi connectivity index (χ0) is 37.8. The topological polar surface area (TPSA) is 105 Å². The van der Waals surface area contributed by atoms with Crippen molar-refractivity contribution in [2.45, 2.75) is 43.5 Å². The number of amides is 1. The Hall–Kier alpha value is -5.08. The summed E-state index contributed by atoms with van der Waals surface area (Å²) in [4.78, 5) is 24.9. The van der Waals surface area contributed by atoms with Crippen molar-refractivity contribution in [2.75, 3.05) is 5.75 Å². The van der Waals surface area contributed by atoms with Crippen molar-refractivity contribution < 1.29 is 51.2 Å². The van der Waals surface area contributed by atoms with Crippen molar-refractivity contribution in [2.24, 2.45) is 5.92 Å². The number of benzene rings is 5. The molecule has 0 saturated carbocycles. The summed E-state index contributed by atoms with van der Waals surface area (Å²) in [5, 5.41) is 21.4. The van der Waals surface area contributed by atoms with Crippen LogP contribution >= 0.6 is 11.8 Å². The van der Waals surface area contributed by atoms with Crippen LogP contribution in [0.4, 0.5) is 22.0 Å². The number of nitrogens with one attached hydrogen (secondary N) is 1. The molecule has 0 aromatic heterocycles. The molecule has 0 bridgehead atoms. The van der Waals surface area contributed by atoms with Gasteiger partial charge in [-0.05, 0) is 46.0 Å². The number of carbonyl (C=O) groups excluding carboxylic acids is 1. The van der Waals surface area contributed by atoms with Gasteiger partial charge in [0.05, 0.1) is 24.4 Å². The van der Waals surface area contributed by atoms with E-state index in [2.05, 4.69) is 5.32 Å². The third-order valence-corrected chi connectivity index (χ3v) is 10.1. The molecule has 1 amide bonds. The first-order valence-electron chi connectivity index (χ1n) is 16.4. The van der Waals surface area contributed by atoms with Crippen LogP contribution in [0.1, 0.15) is 62.3 Å². The number of hydrogen-bond acceptors (Lipinski definition) is 6. The standard InChI is InChI=1S/C40H32F5NO6S/c1-21-29(20-53-30-8-3-2-7-28(30)39(49)50)51-40(52-37(21)25-11-9-22(19-47)10-12-25)26-15-13-24(14-16-26)27-6-4-5-23(17-27)18-46-38(48)31-32(41)34(43)36(45)35(44)33(31)42/h2-17,21,29,37,40,47H,18-20H2,1H3,(H,46,48)(H,49,50). The third kappa shape index (κ3) is 8.13. The Balaban J connectivity index is 1.19. The summed E-state index contributed by atoms with van der Waals surface area (Å²) in [5.74, 6) is -13.4. The number of carbonyl (C=O) groups is 2. The highest BCUT2D eigenvalue weighted by atomic mass is 32.2. The van der Waals surface area contributed by atoms with Gasteiger partial charge in [0, 0.05) is 28.7 Å². The van der Waals surface area contributed by atoms with E-state index in [0.29, 0.717) is 27.3 Å². The van der Waals surface area contributed by atoms with Crippen molar-refractivity contribution >= 4 is 23.6 Å². The molecule has 6 rings (SSSR count). The van der Waals surface area contributed by atoms with Gasteiger partial charge in [0.1, 0.15) is 5.56 Å². The molecule has 4 unspecified atom stereocenters. The molecule has 0 radical (unpaired) electrons. The smallest absolute Gasteiger partial charge is 0.336 e. The number of carboxylic acid groups (broad SMARTS) is 1. The summed E-state index contributed by atoms with van der Waals surface area (Å²) in [6, 6.07) is 28.4. The normalized spacial score (nSPS) is 18.5. The van der Waals surface area contributed by atoms with E-state index in [9.17, 15) is 41.8 Å². The molecule has 13 heteroatoms. The molecule has 0 aliphatic carbocycles. The molecule has 5 aromatic carbocycles. The third-order valence-electron chi connectivity index (χ3n) is 8.98. The lowest BCUT2D eigenvalue weighted by Crippen LogP contribution is -2.38. The summed E-state index contributed by atoms with van der Waals surface area (Å²) in [6.45, 7) is 1.65. The average molecular weight is 750 g/mol. The molecule has 7 nitrogen and oxygen atoms in total. The molecule has 3 N–H and O–H groups in total. The molecular weight excluding hydrogens is 717 g/mol. The van der Waals surface area contributed by atoms with Gasteiger partial charge in [0.25, 0.3) is 5.91 Å². The van der Waals surface area contributed by atoms with Crippen LogP contribution in [0.2, 0.25) is 0 Å². The summed E-state index contributed by atoms with van der Waals surface area (Å²) in [7, 11) is 0. The second-order valence-corrected chi connectivity index (χ2v) is 13.4. The molecule has 1 aliphatic rings. The Morgan fingerprint density at radius 1 is 0.736 bits per heavy atom.